The molecule has 1 aromatic rings. The number of hydrogen-bond donors (Lipinski definition) is 0. The Bertz CT molecular complexity index is 397. The standard InChI is InChI=1S/C9H8FN3O/c1-6(10)7-3-2-4-9(12-13-11)8(7)5-14/h2-6H,1H3/t6-/m1/s1. The molecular formula is C9H8FN3O. The average molecular weight is 193 g/mol. The molecule has 0 saturated heterocycles. The SMILES string of the molecule is C[C@@H](F)c1cccc(N=[N+]=[N-])c1C=O. The van der Waals surface area contributed by atoms with Crippen LogP contribution in [0.1, 0.15) is 29.0 Å². The zero-order chi connectivity index (χ0) is 10.6. The molecule has 0 fully saturated rings. The molecule has 0 amide bonds. The molecule has 4 nitrogen and oxygen atoms in total. The van der Waals surface area contributed by atoms with Crippen molar-refractivity contribution in [2.75, 3.05) is 0 Å². The van der Waals surface area contributed by atoms with Crippen molar-refractivity contribution in [1.29, 1.82) is 0 Å². The fourth-order valence-corrected chi connectivity index (χ4v) is 1.18. The van der Waals surface area contributed by atoms with Gasteiger partial charge in [0.25, 0.3) is 0 Å². The number of azide groups is 1. The number of benzene rings is 1. The second kappa shape index (κ2) is 4.39. The Morgan fingerprint density at radius 1 is 1.64 bits per heavy atom. The summed E-state index contributed by atoms with van der Waals surface area (Å²) in [6, 6.07) is 4.50. The molecule has 0 spiro atoms. The first-order valence-electron chi connectivity index (χ1n) is 3.98. The lowest BCUT2D eigenvalue weighted by molar-refractivity contribution is 0.112. The smallest absolute Gasteiger partial charge is 0.150 e. The third kappa shape index (κ3) is 1.89. The summed E-state index contributed by atoms with van der Waals surface area (Å²) in [6.45, 7) is 1.32. The van der Waals surface area contributed by atoms with E-state index in [2.05, 4.69) is 10.0 Å². The van der Waals surface area contributed by atoms with Gasteiger partial charge in [-0.15, -0.1) is 0 Å². The van der Waals surface area contributed by atoms with Crippen molar-refractivity contribution in [2.45, 2.75) is 13.1 Å². The number of carbonyl (C=O) groups is 1. The van der Waals surface area contributed by atoms with Gasteiger partial charge >= 0.3 is 0 Å². The Balaban J connectivity index is 3.38. The van der Waals surface area contributed by atoms with Gasteiger partial charge in [0.2, 0.25) is 0 Å². The van der Waals surface area contributed by atoms with Crippen molar-refractivity contribution in [3.63, 3.8) is 0 Å². The molecule has 0 aliphatic heterocycles. The van der Waals surface area contributed by atoms with Gasteiger partial charge in [0.1, 0.15) is 6.17 Å². The predicted octanol–water partition coefficient (Wildman–Crippen LogP) is 3.47. The lowest BCUT2D eigenvalue weighted by Gasteiger charge is -2.07. The van der Waals surface area contributed by atoms with Crippen LogP contribution in [0.4, 0.5) is 10.1 Å². The molecule has 0 saturated carbocycles. The summed E-state index contributed by atoms with van der Waals surface area (Å²) in [6.07, 6.45) is -0.765. The lowest BCUT2D eigenvalue weighted by atomic mass is 10.0. The van der Waals surface area contributed by atoms with Crippen LogP contribution < -0.4 is 0 Å². The molecule has 0 aliphatic carbocycles. The van der Waals surface area contributed by atoms with Gasteiger partial charge in [0.15, 0.2) is 6.29 Å². The monoisotopic (exact) mass is 193 g/mol. The molecule has 0 aliphatic rings. The van der Waals surface area contributed by atoms with Gasteiger partial charge in [-0.05, 0) is 18.0 Å². The summed E-state index contributed by atoms with van der Waals surface area (Å²) in [5, 5.41) is 3.30. The molecule has 1 rings (SSSR count). The highest BCUT2D eigenvalue weighted by molar-refractivity contribution is 5.85. The topological polar surface area (TPSA) is 65.8 Å². The van der Waals surface area contributed by atoms with Gasteiger partial charge in [0, 0.05) is 16.2 Å². The minimum atomic E-state index is -1.26. The zero-order valence-electron chi connectivity index (χ0n) is 7.51. The Morgan fingerprint density at radius 2 is 2.36 bits per heavy atom. The summed E-state index contributed by atoms with van der Waals surface area (Å²) in [7, 11) is 0. The van der Waals surface area contributed by atoms with E-state index in [0.717, 1.165) is 0 Å². The van der Waals surface area contributed by atoms with E-state index in [1.807, 2.05) is 0 Å². The van der Waals surface area contributed by atoms with Crippen LogP contribution in [0.25, 0.3) is 10.4 Å². The van der Waals surface area contributed by atoms with Crippen LogP contribution in [-0.4, -0.2) is 6.29 Å². The largest absolute Gasteiger partial charge is 0.298 e. The van der Waals surface area contributed by atoms with Crippen LogP contribution in [-0.2, 0) is 0 Å². The molecule has 72 valence electrons. The van der Waals surface area contributed by atoms with Crippen LogP contribution in [0.2, 0.25) is 0 Å². The van der Waals surface area contributed by atoms with E-state index in [1.165, 1.54) is 19.1 Å². The molecule has 14 heavy (non-hydrogen) atoms. The molecule has 0 N–H and O–H groups in total. The second-order valence-electron chi connectivity index (χ2n) is 2.70. The number of nitrogens with zero attached hydrogens (tertiary/aromatic N) is 3. The Hall–Kier alpha value is -1.87. The van der Waals surface area contributed by atoms with Gasteiger partial charge < -0.3 is 0 Å². The molecule has 1 atom stereocenters. The van der Waals surface area contributed by atoms with Crippen LogP contribution in [0.3, 0.4) is 0 Å². The van der Waals surface area contributed by atoms with Crippen molar-refractivity contribution in [1.82, 2.24) is 0 Å². The van der Waals surface area contributed by atoms with Gasteiger partial charge in [0.05, 0.1) is 0 Å². The minimum Gasteiger partial charge on any atom is -0.298 e. The number of aldehydes is 1. The molecule has 5 heteroatoms. The molecule has 1 aromatic carbocycles. The highest BCUT2D eigenvalue weighted by Gasteiger charge is 2.11. The van der Waals surface area contributed by atoms with Crippen LogP contribution in [0.5, 0.6) is 0 Å². The molecule has 0 heterocycles. The number of alkyl halides is 1. The summed E-state index contributed by atoms with van der Waals surface area (Å²) < 4.78 is 13.0. The molecule has 0 bridgehead atoms. The fraction of sp³-hybridized carbons (Fsp3) is 0.222. The molecular weight excluding hydrogens is 185 g/mol. The van der Waals surface area contributed by atoms with Crippen molar-refractivity contribution >= 4 is 12.0 Å². The summed E-state index contributed by atoms with van der Waals surface area (Å²) in [5.41, 5.74) is 8.73. The normalized spacial score (nSPS) is 11.6. The Morgan fingerprint density at radius 3 is 2.86 bits per heavy atom. The highest BCUT2D eigenvalue weighted by Crippen LogP contribution is 2.27. The molecule has 0 aromatic heterocycles. The van der Waals surface area contributed by atoms with E-state index in [1.54, 1.807) is 6.07 Å². The van der Waals surface area contributed by atoms with Gasteiger partial charge in [-0.3, -0.25) is 4.79 Å². The maximum Gasteiger partial charge on any atom is 0.150 e. The van der Waals surface area contributed by atoms with E-state index < -0.39 is 6.17 Å². The van der Waals surface area contributed by atoms with Crippen molar-refractivity contribution in [2.24, 2.45) is 5.11 Å². The summed E-state index contributed by atoms with van der Waals surface area (Å²) in [5.74, 6) is 0. The Kier molecular flexibility index (Phi) is 3.20. The van der Waals surface area contributed by atoms with E-state index in [4.69, 9.17) is 5.53 Å². The van der Waals surface area contributed by atoms with Crippen molar-refractivity contribution in [3.05, 3.63) is 39.8 Å². The predicted molar refractivity (Wildman–Crippen MR) is 50.2 cm³/mol. The average Bonchev–Trinajstić information content (AvgIpc) is 2.18. The first kappa shape index (κ1) is 10.2. The van der Waals surface area contributed by atoms with E-state index >= 15 is 0 Å². The van der Waals surface area contributed by atoms with Crippen molar-refractivity contribution in [3.8, 4) is 0 Å². The number of carbonyl (C=O) groups excluding carboxylic acids is 1. The summed E-state index contributed by atoms with van der Waals surface area (Å²) in [4.78, 5) is 13.2. The van der Waals surface area contributed by atoms with E-state index in [9.17, 15) is 9.18 Å². The van der Waals surface area contributed by atoms with Gasteiger partial charge in [-0.25, -0.2) is 4.39 Å². The van der Waals surface area contributed by atoms with Crippen LogP contribution in [0, 0.1) is 0 Å². The Labute approximate surface area is 80.0 Å². The number of hydrogen-bond acceptors (Lipinski definition) is 2. The molecule has 0 unspecified atom stereocenters. The fourth-order valence-electron chi connectivity index (χ4n) is 1.18. The lowest BCUT2D eigenvalue weighted by Crippen LogP contribution is -1.93. The third-order valence-corrected chi connectivity index (χ3v) is 1.82. The third-order valence-electron chi connectivity index (χ3n) is 1.82. The van der Waals surface area contributed by atoms with E-state index in [-0.39, 0.29) is 16.8 Å². The van der Waals surface area contributed by atoms with Crippen LogP contribution in [0.15, 0.2) is 23.3 Å². The van der Waals surface area contributed by atoms with E-state index in [0.29, 0.717) is 6.29 Å². The quantitative estimate of drug-likeness (QED) is 0.313. The van der Waals surface area contributed by atoms with Gasteiger partial charge in [-0.2, -0.15) is 0 Å². The maximum atomic E-state index is 13.0. The van der Waals surface area contributed by atoms with Crippen molar-refractivity contribution < 1.29 is 9.18 Å². The molecule has 0 radical (unpaired) electrons. The summed E-state index contributed by atoms with van der Waals surface area (Å²) >= 11 is 0. The van der Waals surface area contributed by atoms with Crippen LogP contribution >= 0.6 is 0 Å². The minimum absolute atomic E-state index is 0.111. The zero-order valence-corrected chi connectivity index (χ0v) is 7.51. The second-order valence-corrected chi connectivity index (χ2v) is 2.70. The van der Waals surface area contributed by atoms with Gasteiger partial charge in [-0.1, -0.05) is 23.3 Å². The first-order chi connectivity index (χ1) is 6.70. The number of halogens is 1. The highest BCUT2D eigenvalue weighted by atomic mass is 19.1. The number of rotatable bonds is 3. The maximum absolute atomic E-state index is 13.0. The first-order valence-corrected chi connectivity index (χ1v) is 3.98.